The molecule has 0 aromatic carbocycles. The van der Waals surface area contributed by atoms with Crippen molar-refractivity contribution in [1.82, 2.24) is 14.5 Å². The van der Waals surface area contributed by atoms with Gasteiger partial charge in [-0.1, -0.05) is 13.8 Å². The lowest BCUT2D eigenvalue weighted by molar-refractivity contribution is 0.441. The Balaban J connectivity index is 2.25. The highest BCUT2D eigenvalue weighted by Gasteiger charge is 2.13. The summed E-state index contributed by atoms with van der Waals surface area (Å²) in [7, 11) is 0. The van der Waals surface area contributed by atoms with Crippen LogP contribution >= 0.6 is 0 Å². The van der Waals surface area contributed by atoms with Crippen molar-refractivity contribution in [1.29, 1.82) is 0 Å². The first-order valence-electron chi connectivity index (χ1n) is 6.81. The second kappa shape index (κ2) is 5.87. The zero-order chi connectivity index (χ0) is 13.8. The van der Waals surface area contributed by atoms with E-state index >= 15 is 0 Å². The summed E-state index contributed by atoms with van der Waals surface area (Å²) in [6.07, 6.45) is 9.61. The summed E-state index contributed by atoms with van der Waals surface area (Å²) in [5.41, 5.74) is 8.76. The fourth-order valence-corrected chi connectivity index (χ4v) is 2.20. The first kappa shape index (κ1) is 13.6. The lowest BCUT2D eigenvalue weighted by Gasteiger charge is -2.18. The highest BCUT2D eigenvalue weighted by molar-refractivity contribution is 5.72. The van der Waals surface area contributed by atoms with Crippen molar-refractivity contribution >= 4 is 5.69 Å². The molecule has 0 amide bonds. The van der Waals surface area contributed by atoms with E-state index in [-0.39, 0.29) is 0 Å². The Labute approximate surface area is 114 Å². The molecule has 0 radical (unpaired) electrons. The van der Waals surface area contributed by atoms with Crippen molar-refractivity contribution in [2.45, 2.75) is 39.7 Å². The normalized spacial score (nSPS) is 12.8. The Morgan fingerprint density at radius 1 is 1.16 bits per heavy atom. The first-order chi connectivity index (χ1) is 9.09. The molecule has 0 saturated carbocycles. The number of aromatic nitrogens is 3. The van der Waals surface area contributed by atoms with Crippen LogP contribution in [0.15, 0.2) is 31.0 Å². The Hall–Kier alpha value is -1.84. The predicted molar refractivity (Wildman–Crippen MR) is 78.7 cm³/mol. The molecule has 0 aliphatic rings. The minimum Gasteiger partial charge on any atom is -0.398 e. The van der Waals surface area contributed by atoms with Gasteiger partial charge in [0, 0.05) is 29.7 Å². The highest BCUT2D eigenvalue weighted by Crippen LogP contribution is 2.28. The fourth-order valence-electron chi connectivity index (χ4n) is 2.20. The SMILES string of the molecule is CC(C)CCC(C)n1cncc1-c1cnccc1N. The number of hydrogen-bond donors (Lipinski definition) is 1. The summed E-state index contributed by atoms with van der Waals surface area (Å²) in [6.45, 7) is 6.72. The predicted octanol–water partition coefficient (Wildman–Crippen LogP) is 3.52. The van der Waals surface area contributed by atoms with E-state index in [1.807, 2.05) is 18.6 Å². The van der Waals surface area contributed by atoms with E-state index in [0.717, 1.165) is 29.3 Å². The average Bonchev–Trinajstić information content (AvgIpc) is 2.85. The molecule has 1 unspecified atom stereocenters. The molecule has 0 saturated heterocycles. The summed E-state index contributed by atoms with van der Waals surface area (Å²) in [5.74, 6) is 0.720. The molecule has 2 rings (SSSR count). The second-order valence-corrected chi connectivity index (χ2v) is 5.47. The van der Waals surface area contributed by atoms with Crippen LogP contribution in [0, 0.1) is 5.92 Å². The number of nitrogen functional groups attached to an aromatic ring is 1. The van der Waals surface area contributed by atoms with Gasteiger partial charge in [-0.25, -0.2) is 4.98 Å². The van der Waals surface area contributed by atoms with E-state index in [1.165, 1.54) is 6.42 Å². The van der Waals surface area contributed by atoms with Gasteiger partial charge < -0.3 is 10.3 Å². The van der Waals surface area contributed by atoms with Crippen LogP contribution in [0.25, 0.3) is 11.3 Å². The van der Waals surface area contributed by atoms with Gasteiger partial charge in [-0.15, -0.1) is 0 Å². The summed E-state index contributed by atoms with van der Waals surface area (Å²) < 4.78 is 2.19. The number of anilines is 1. The van der Waals surface area contributed by atoms with E-state index in [9.17, 15) is 0 Å². The molecule has 1 atom stereocenters. The van der Waals surface area contributed by atoms with E-state index in [2.05, 4.69) is 35.3 Å². The Morgan fingerprint density at radius 3 is 2.63 bits per heavy atom. The van der Waals surface area contributed by atoms with E-state index in [1.54, 1.807) is 12.4 Å². The molecule has 2 aromatic heterocycles. The molecule has 0 aliphatic carbocycles. The van der Waals surface area contributed by atoms with Gasteiger partial charge in [0.15, 0.2) is 0 Å². The Kier molecular flexibility index (Phi) is 4.20. The number of imidazole rings is 1. The molecule has 102 valence electrons. The number of nitrogens with zero attached hydrogens (tertiary/aromatic N) is 3. The summed E-state index contributed by atoms with van der Waals surface area (Å²) in [5, 5.41) is 0. The number of rotatable bonds is 5. The van der Waals surface area contributed by atoms with Crippen molar-refractivity contribution in [2.24, 2.45) is 5.92 Å². The average molecular weight is 258 g/mol. The zero-order valence-corrected chi connectivity index (χ0v) is 11.9. The van der Waals surface area contributed by atoms with E-state index < -0.39 is 0 Å². The number of nitrogens with two attached hydrogens (primary N) is 1. The molecule has 4 nitrogen and oxygen atoms in total. The van der Waals surface area contributed by atoms with Gasteiger partial charge in [-0.05, 0) is 31.7 Å². The van der Waals surface area contributed by atoms with Crippen LogP contribution in [0.2, 0.25) is 0 Å². The molecule has 0 spiro atoms. The van der Waals surface area contributed by atoms with Gasteiger partial charge in [-0.2, -0.15) is 0 Å². The third kappa shape index (κ3) is 3.13. The van der Waals surface area contributed by atoms with Crippen LogP contribution < -0.4 is 5.73 Å². The second-order valence-electron chi connectivity index (χ2n) is 5.47. The van der Waals surface area contributed by atoms with E-state index in [4.69, 9.17) is 5.73 Å². The lowest BCUT2D eigenvalue weighted by Crippen LogP contribution is -2.07. The number of hydrogen-bond acceptors (Lipinski definition) is 3. The smallest absolute Gasteiger partial charge is 0.0953 e. The van der Waals surface area contributed by atoms with Crippen molar-refractivity contribution in [3.05, 3.63) is 31.0 Å². The maximum atomic E-state index is 6.02. The topological polar surface area (TPSA) is 56.7 Å². The van der Waals surface area contributed by atoms with Crippen molar-refractivity contribution < 1.29 is 0 Å². The van der Waals surface area contributed by atoms with Gasteiger partial charge in [0.25, 0.3) is 0 Å². The molecule has 19 heavy (non-hydrogen) atoms. The van der Waals surface area contributed by atoms with Gasteiger partial charge in [0.05, 0.1) is 18.2 Å². The van der Waals surface area contributed by atoms with E-state index in [0.29, 0.717) is 6.04 Å². The Morgan fingerprint density at radius 2 is 1.95 bits per heavy atom. The highest BCUT2D eigenvalue weighted by atomic mass is 15.1. The fraction of sp³-hybridized carbons (Fsp3) is 0.467. The summed E-state index contributed by atoms with van der Waals surface area (Å²) in [6, 6.07) is 2.24. The van der Waals surface area contributed by atoms with Crippen LogP contribution in [-0.4, -0.2) is 14.5 Å². The number of pyridine rings is 1. The van der Waals surface area contributed by atoms with Crippen molar-refractivity contribution in [2.75, 3.05) is 5.73 Å². The van der Waals surface area contributed by atoms with Crippen LogP contribution in [0.1, 0.15) is 39.7 Å². The maximum absolute atomic E-state index is 6.02. The van der Waals surface area contributed by atoms with Crippen molar-refractivity contribution in [3.8, 4) is 11.3 Å². The maximum Gasteiger partial charge on any atom is 0.0953 e. The first-order valence-corrected chi connectivity index (χ1v) is 6.81. The van der Waals surface area contributed by atoms with Crippen LogP contribution in [0.4, 0.5) is 5.69 Å². The Bertz CT molecular complexity index is 530. The molecule has 2 N–H and O–H groups in total. The molecule has 2 heterocycles. The molecular formula is C15H22N4. The minimum absolute atomic E-state index is 0.416. The third-order valence-electron chi connectivity index (χ3n) is 3.43. The standard InChI is InChI=1S/C15H22N4/c1-11(2)4-5-12(3)19-10-18-9-15(19)13-8-17-7-6-14(13)16/h6-12H,4-5H2,1-3H3,(H2,16,17). The summed E-state index contributed by atoms with van der Waals surface area (Å²) >= 11 is 0. The molecule has 4 heteroatoms. The minimum atomic E-state index is 0.416. The molecule has 2 aromatic rings. The molecule has 0 fully saturated rings. The van der Waals surface area contributed by atoms with Crippen LogP contribution in [0.5, 0.6) is 0 Å². The van der Waals surface area contributed by atoms with Crippen LogP contribution in [0.3, 0.4) is 0 Å². The third-order valence-corrected chi connectivity index (χ3v) is 3.43. The monoisotopic (exact) mass is 258 g/mol. The van der Waals surface area contributed by atoms with Gasteiger partial charge in [0.2, 0.25) is 0 Å². The quantitative estimate of drug-likeness (QED) is 0.892. The van der Waals surface area contributed by atoms with Gasteiger partial charge >= 0.3 is 0 Å². The van der Waals surface area contributed by atoms with Gasteiger partial charge in [0.1, 0.15) is 0 Å². The lowest BCUT2D eigenvalue weighted by atomic mass is 10.0. The van der Waals surface area contributed by atoms with Gasteiger partial charge in [-0.3, -0.25) is 4.98 Å². The van der Waals surface area contributed by atoms with Crippen molar-refractivity contribution in [3.63, 3.8) is 0 Å². The molecular weight excluding hydrogens is 236 g/mol. The summed E-state index contributed by atoms with van der Waals surface area (Å²) in [4.78, 5) is 8.42. The zero-order valence-electron chi connectivity index (χ0n) is 11.9. The molecule has 0 bridgehead atoms. The largest absolute Gasteiger partial charge is 0.398 e. The molecule has 0 aliphatic heterocycles. The van der Waals surface area contributed by atoms with Crippen LogP contribution in [-0.2, 0) is 0 Å².